The first kappa shape index (κ1) is 16.3. The molecule has 1 N–H and O–H groups in total. The van der Waals surface area contributed by atoms with Gasteiger partial charge in [0.2, 0.25) is 0 Å². The Kier molecular flexibility index (Phi) is 5.65. The summed E-state index contributed by atoms with van der Waals surface area (Å²) in [6, 6.07) is 8.69. The summed E-state index contributed by atoms with van der Waals surface area (Å²) in [4.78, 5) is 0. The first-order valence-electron chi connectivity index (χ1n) is 8.18. The maximum absolute atomic E-state index is 5.83. The van der Waals surface area contributed by atoms with Crippen molar-refractivity contribution >= 4 is 0 Å². The van der Waals surface area contributed by atoms with Gasteiger partial charge in [-0.1, -0.05) is 26.0 Å². The average molecular weight is 291 g/mol. The molecule has 0 amide bonds. The van der Waals surface area contributed by atoms with E-state index < -0.39 is 0 Å². The van der Waals surface area contributed by atoms with Crippen LogP contribution in [0.1, 0.15) is 58.1 Å². The fourth-order valence-electron chi connectivity index (χ4n) is 2.56. The van der Waals surface area contributed by atoms with Gasteiger partial charge in [0.1, 0.15) is 5.75 Å². The summed E-state index contributed by atoms with van der Waals surface area (Å²) < 4.78 is 11.6. The minimum atomic E-state index is -0.200. The Labute approximate surface area is 129 Å². The molecule has 1 fully saturated rings. The summed E-state index contributed by atoms with van der Waals surface area (Å²) in [6.07, 6.45) is 4.92. The summed E-state index contributed by atoms with van der Waals surface area (Å²) >= 11 is 0. The second-order valence-electron chi connectivity index (χ2n) is 6.14. The predicted octanol–water partition coefficient (Wildman–Crippen LogP) is 4.08. The quantitative estimate of drug-likeness (QED) is 0.743. The molecule has 1 aromatic rings. The van der Waals surface area contributed by atoms with Crippen LogP contribution in [0.25, 0.3) is 0 Å². The molecule has 0 aromatic heterocycles. The van der Waals surface area contributed by atoms with E-state index in [0.29, 0.717) is 6.10 Å². The third-order valence-electron chi connectivity index (χ3n) is 4.42. The predicted molar refractivity (Wildman–Crippen MR) is 86.8 cm³/mol. The van der Waals surface area contributed by atoms with E-state index in [2.05, 4.69) is 50.4 Å². The Bertz CT molecular complexity index is 421. The van der Waals surface area contributed by atoms with Gasteiger partial charge >= 0.3 is 0 Å². The van der Waals surface area contributed by atoms with Crippen LogP contribution >= 0.6 is 0 Å². The zero-order valence-corrected chi connectivity index (χ0v) is 13.8. The van der Waals surface area contributed by atoms with Crippen LogP contribution < -0.4 is 10.1 Å². The molecular formula is C18H29NO2. The van der Waals surface area contributed by atoms with Crippen LogP contribution in [-0.4, -0.2) is 25.4 Å². The van der Waals surface area contributed by atoms with E-state index in [0.717, 1.165) is 25.1 Å². The lowest BCUT2D eigenvalue weighted by atomic mass is 9.87. The van der Waals surface area contributed by atoms with Crippen molar-refractivity contribution in [2.24, 2.45) is 0 Å². The van der Waals surface area contributed by atoms with E-state index in [9.17, 15) is 0 Å². The topological polar surface area (TPSA) is 30.5 Å². The zero-order valence-electron chi connectivity index (χ0n) is 13.8. The van der Waals surface area contributed by atoms with Crippen molar-refractivity contribution in [3.63, 3.8) is 0 Å². The molecule has 118 valence electrons. The molecule has 21 heavy (non-hydrogen) atoms. The lowest BCUT2D eigenvalue weighted by molar-refractivity contribution is -0.0299. The monoisotopic (exact) mass is 291 g/mol. The molecule has 3 heteroatoms. The van der Waals surface area contributed by atoms with Crippen LogP contribution in [0.2, 0.25) is 0 Å². The molecule has 0 heterocycles. The molecular weight excluding hydrogens is 262 g/mol. The van der Waals surface area contributed by atoms with E-state index in [-0.39, 0.29) is 11.6 Å². The minimum Gasteiger partial charge on any atom is -0.490 e. The molecule has 0 spiro atoms. The second-order valence-corrected chi connectivity index (χ2v) is 6.14. The lowest BCUT2D eigenvalue weighted by Gasteiger charge is -2.37. The van der Waals surface area contributed by atoms with Crippen molar-refractivity contribution in [1.29, 1.82) is 0 Å². The minimum absolute atomic E-state index is 0.197. The van der Waals surface area contributed by atoms with Crippen LogP contribution in [0.15, 0.2) is 24.3 Å². The second kappa shape index (κ2) is 7.28. The number of rotatable bonds is 9. The number of ether oxygens (including phenoxy) is 2. The van der Waals surface area contributed by atoms with Crippen molar-refractivity contribution < 1.29 is 9.47 Å². The van der Waals surface area contributed by atoms with E-state index in [1.807, 2.05) is 0 Å². The molecule has 0 aliphatic heterocycles. The highest BCUT2D eigenvalue weighted by Gasteiger charge is 2.33. The Morgan fingerprint density at radius 2 is 1.90 bits per heavy atom. The lowest BCUT2D eigenvalue weighted by Crippen LogP contribution is -2.43. The van der Waals surface area contributed by atoms with Crippen LogP contribution in [0, 0.1) is 0 Å². The number of benzene rings is 1. The number of methoxy groups -OCH3 is 1. The van der Waals surface area contributed by atoms with Crippen LogP contribution in [0.5, 0.6) is 5.75 Å². The Morgan fingerprint density at radius 1 is 1.24 bits per heavy atom. The van der Waals surface area contributed by atoms with Crippen LogP contribution in [-0.2, 0) is 4.74 Å². The van der Waals surface area contributed by atoms with Crippen LogP contribution in [0.3, 0.4) is 0 Å². The highest BCUT2D eigenvalue weighted by Crippen LogP contribution is 2.33. The molecule has 3 nitrogen and oxygen atoms in total. The van der Waals surface area contributed by atoms with E-state index in [4.69, 9.17) is 9.47 Å². The van der Waals surface area contributed by atoms with Crippen molar-refractivity contribution in [2.75, 3.05) is 13.7 Å². The van der Waals surface area contributed by atoms with E-state index >= 15 is 0 Å². The SMILES string of the molecule is CCCNC(c1ccc(OC2CC2)cc1)C(C)(CC)OC. The highest BCUT2D eigenvalue weighted by molar-refractivity contribution is 5.31. The molecule has 2 atom stereocenters. The number of nitrogens with one attached hydrogen (secondary N) is 1. The molecule has 0 saturated heterocycles. The molecule has 2 rings (SSSR count). The van der Waals surface area contributed by atoms with Gasteiger partial charge in [0, 0.05) is 7.11 Å². The maximum atomic E-state index is 5.83. The molecule has 1 aliphatic rings. The number of hydrogen-bond donors (Lipinski definition) is 1. The zero-order chi connectivity index (χ0) is 15.3. The summed E-state index contributed by atoms with van der Waals surface area (Å²) in [7, 11) is 1.80. The Morgan fingerprint density at radius 3 is 2.38 bits per heavy atom. The molecule has 0 radical (unpaired) electrons. The van der Waals surface area contributed by atoms with E-state index in [1.165, 1.54) is 18.4 Å². The fourth-order valence-corrected chi connectivity index (χ4v) is 2.56. The Hall–Kier alpha value is -1.06. The van der Waals surface area contributed by atoms with Gasteiger partial charge in [0.15, 0.2) is 0 Å². The van der Waals surface area contributed by atoms with Gasteiger partial charge < -0.3 is 14.8 Å². The first-order chi connectivity index (χ1) is 10.1. The first-order valence-corrected chi connectivity index (χ1v) is 8.18. The van der Waals surface area contributed by atoms with Crippen LogP contribution in [0.4, 0.5) is 0 Å². The Balaban J connectivity index is 2.14. The number of hydrogen-bond acceptors (Lipinski definition) is 3. The largest absolute Gasteiger partial charge is 0.490 e. The molecule has 2 unspecified atom stereocenters. The van der Waals surface area contributed by atoms with Gasteiger partial charge in [0.25, 0.3) is 0 Å². The van der Waals surface area contributed by atoms with E-state index in [1.54, 1.807) is 7.11 Å². The van der Waals surface area contributed by atoms with Crippen molar-refractivity contribution in [1.82, 2.24) is 5.32 Å². The van der Waals surface area contributed by atoms with Crippen molar-refractivity contribution in [3.8, 4) is 5.75 Å². The summed E-state index contributed by atoms with van der Waals surface area (Å²) in [5, 5.41) is 3.63. The van der Waals surface area contributed by atoms with Gasteiger partial charge in [-0.15, -0.1) is 0 Å². The molecule has 1 saturated carbocycles. The smallest absolute Gasteiger partial charge is 0.119 e. The fraction of sp³-hybridized carbons (Fsp3) is 0.667. The third-order valence-corrected chi connectivity index (χ3v) is 4.42. The van der Waals surface area contributed by atoms with Crippen molar-refractivity contribution in [2.45, 2.75) is 64.2 Å². The third kappa shape index (κ3) is 4.21. The summed E-state index contributed by atoms with van der Waals surface area (Å²) in [5.74, 6) is 0.978. The molecule has 0 bridgehead atoms. The van der Waals surface area contributed by atoms with Gasteiger partial charge in [-0.2, -0.15) is 0 Å². The van der Waals surface area contributed by atoms with Crippen molar-refractivity contribution in [3.05, 3.63) is 29.8 Å². The standard InChI is InChI=1S/C18H29NO2/c1-5-13-19-17(18(3,6-2)20-4)14-7-9-15(10-8-14)21-16-11-12-16/h7-10,16-17,19H,5-6,11-13H2,1-4H3. The summed E-state index contributed by atoms with van der Waals surface area (Å²) in [6.45, 7) is 7.53. The van der Waals surface area contributed by atoms with Gasteiger partial charge in [-0.05, 0) is 56.8 Å². The molecule has 1 aromatic carbocycles. The average Bonchev–Trinajstić information content (AvgIpc) is 3.32. The summed E-state index contributed by atoms with van der Waals surface area (Å²) in [5.41, 5.74) is 1.06. The normalized spacial score (nSPS) is 19.0. The maximum Gasteiger partial charge on any atom is 0.119 e. The highest BCUT2D eigenvalue weighted by atomic mass is 16.5. The van der Waals surface area contributed by atoms with Gasteiger partial charge in [-0.25, -0.2) is 0 Å². The van der Waals surface area contributed by atoms with Gasteiger partial charge in [-0.3, -0.25) is 0 Å². The van der Waals surface area contributed by atoms with Gasteiger partial charge in [0.05, 0.1) is 17.7 Å². The molecule has 1 aliphatic carbocycles.